The second-order valence-electron chi connectivity index (χ2n) is 23.1. The zero-order chi connectivity index (χ0) is 54.7. The van der Waals surface area contributed by atoms with Crippen molar-refractivity contribution in [2.45, 2.75) is 87.0 Å². The first-order valence-electron chi connectivity index (χ1n) is 26.6. The number of nitrogens with zero attached hydrogens (tertiary/aromatic N) is 4. The third-order valence-electron chi connectivity index (χ3n) is 14.7. The molecule has 0 saturated heterocycles. The number of aryl methyl sites for hydroxylation is 1. The molecule has 1 aliphatic heterocycles. The summed E-state index contributed by atoms with van der Waals surface area (Å²) in [6.45, 7) is 28.2. The molecule has 1 aliphatic rings. The van der Waals surface area contributed by atoms with Gasteiger partial charge in [-0.3, -0.25) is 4.57 Å². The van der Waals surface area contributed by atoms with Crippen LogP contribution in [0.15, 0.2) is 182 Å². The number of aromatic nitrogens is 2. The van der Waals surface area contributed by atoms with Crippen molar-refractivity contribution in [3.8, 4) is 39.6 Å². The minimum Gasteiger partial charge on any atom is -0.457 e. The Kier molecular flexibility index (Phi) is 13.9. The van der Waals surface area contributed by atoms with E-state index < -0.39 is 22.9 Å². The molecule has 0 aliphatic carbocycles. The lowest BCUT2D eigenvalue weighted by Gasteiger charge is -2.31. The Morgan fingerprint density at radius 3 is 2.00 bits per heavy atom. The number of halogens is 3. The molecular weight excluding hydrogens is 958 g/mol. The van der Waals surface area contributed by atoms with Gasteiger partial charge >= 0.3 is 0 Å². The molecule has 0 atom stereocenters. The van der Waals surface area contributed by atoms with Gasteiger partial charge in [0, 0.05) is 58.0 Å². The molecule has 0 spiro atoms. The summed E-state index contributed by atoms with van der Waals surface area (Å²) in [5.74, 6) is -0.544. The second kappa shape index (κ2) is 20.5. The quantitative estimate of drug-likeness (QED) is 0.114. The van der Waals surface area contributed by atoms with Crippen molar-refractivity contribution in [3.05, 3.63) is 222 Å². The molecule has 0 unspecified atom stereocenters. The summed E-state index contributed by atoms with van der Waals surface area (Å²) in [6, 6.07) is 47.2. The molecule has 7 aromatic carbocycles. The van der Waals surface area contributed by atoms with Crippen LogP contribution in [0.3, 0.4) is 0 Å². The lowest BCUT2D eigenvalue weighted by atomic mass is 9.81. The first-order valence-corrected chi connectivity index (χ1v) is 26.6. The Morgan fingerprint density at radius 2 is 1.31 bits per heavy atom. The molecule has 5 nitrogen and oxygen atoms in total. The SMILES string of the molecule is C=C(/C=C(\C=C\C(C)C)c1cc(C(C)(C)C)cc(-c2c(F)cc(F)cc2F)c1N1CN(c2cc(Oc3ccc4c5ccccc5n(-c5cc(C(C)(C)C)ccn5)c4c3)cc(-c3ccccc3C)c2)c2ccccc21)C(C)C. The summed E-state index contributed by atoms with van der Waals surface area (Å²) in [5.41, 5.74) is 12.2. The molecule has 8 heteroatoms. The number of rotatable bonds is 12. The smallest absolute Gasteiger partial charge is 0.137 e. The third kappa shape index (κ3) is 10.3. The van der Waals surface area contributed by atoms with Crippen LogP contribution >= 0.6 is 0 Å². The van der Waals surface area contributed by atoms with Crippen LogP contribution < -0.4 is 14.5 Å². The van der Waals surface area contributed by atoms with E-state index in [9.17, 15) is 4.39 Å². The fourth-order valence-electron chi connectivity index (χ4n) is 10.3. The van der Waals surface area contributed by atoms with Gasteiger partial charge < -0.3 is 14.5 Å². The molecule has 10 rings (SSSR count). The van der Waals surface area contributed by atoms with Crippen molar-refractivity contribution in [1.82, 2.24) is 9.55 Å². The molecule has 9 aromatic rings. The van der Waals surface area contributed by atoms with E-state index in [0.717, 1.165) is 95.8 Å². The van der Waals surface area contributed by atoms with Crippen molar-refractivity contribution in [2.75, 3.05) is 16.5 Å². The highest BCUT2D eigenvalue weighted by Crippen LogP contribution is 2.52. The Labute approximate surface area is 452 Å². The maximum Gasteiger partial charge on any atom is 0.137 e. The van der Waals surface area contributed by atoms with Crippen LogP contribution in [0.1, 0.15) is 91.5 Å². The predicted octanol–water partition coefficient (Wildman–Crippen LogP) is 19.7. The average Bonchev–Trinajstić information content (AvgIpc) is 3.99. The molecule has 390 valence electrons. The van der Waals surface area contributed by atoms with Crippen LogP contribution in [-0.2, 0) is 10.8 Å². The largest absolute Gasteiger partial charge is 0.457 e. The first kappa shape index (κ1) is 52.3. The number of hydrogen-bond donors (Lipinski definition) is 0. The van der Waals surface area contributed by atoms with Gasteiger partial charge in [0.05, 0.1) is 33.7 Å². The Balaban J connectivity index is 1.18. The predicted molar refractivity (Wildman–Crippen MR) is 316 cm³/mol. The average molecular weight is 1030 g/mol. The van der Waals surface area contributed by atoms with E-state index in [1.807, 2.05) is 48.7 Å². The molecule has 0 saturated carbocycles. The van der Waals surface area contributed by atoms with E-state index >= 15 is 8.78 Å². The van der Waals surface area contributed by atoms with Crippen molar-refractivity contribution in [2.24, 2.45) is 11.8 Å². The van der Waals surface area contributed by atoms with Gasteiger partial charge in [-0.15, -0.1) is 0 Å². The number of hydrogen-bond acceptors (Lipinski definition) is 4. The lowest BCUT2D eigenvalue weighted by Crippen LogP contribution is -2.26. The van der Waals surface area contributed by atoms with Crippen LogP contribution in [-0.4, -0.2) is 16.2 Å². The van der Waals surface area contributed by atoms with Gasteiger partial charge in [-0.1, -0.05) is 154 Å². The zero-order valence-corrected chi connectivity index (χ0v) is 46.1. The minimum atomic E-state index is -0.986. The third-order valence-corrected chi connectivity index (χ3v) is 14.7. The Hall–Kier alpha value is -8.10. The highest BCUT2D eigenvalue weighted by atomic mass is 19.1. The number of ether oxygens (including phenoxy) is 1. The van der Waals surface area contributed by atoms with Crippen LogP contribution in [0.5, 0.6) is 11.5 Å². The molecule has 0 radical (unpaired) electrons. The highest BCUT2D eigenvalue weighted by Gasteiger charge is 2.35. The molecule has 0 bridgehead atoms. The van der Waals surface area contributed by atoms with Crippen LogP contribution in [0.25, 0.3) is 55.5 Å². The summed E-state index contributed by atoms with van der Waals surface area (Å²) in [7, 11) is 0. The topological polar surface area (TPSA) is 33.5 Å². The van der Waals surface area contributed by atoms with Gasteiger partial charge in [0.1, 0.15) is 41.4 Å². The van der Waals surface area contributed by atoms with Gasteiger partial charge in [0.2, 0.25) is 0 Å². The van der Waals surface area contributed by atoms with Gasteiger partial charge in [-0.25, -0.2) is 18.2 Å². The molecule has 2 aromatic heterocycles. The van der Waals surface area contributed by atoms with Crippen molar-refractivity contribution < 1.29 is 17.9 Å². The zero-order valence-electron chi connectivity index (χ0n) is 46.1. The fourth-order valence-corrected chi connectivity index (χ4v) is 10.3. The van der Waals surface area contributed by atoms with Crippen LogP contribution in [0.2, 0.25) is 0 Å². The van der Waals surface area contributed by atoms with E-state index in [1.54, 1.807) is 0 Å². The van der Waals surface area contributed by atoms with Crippen molar-refractivity contribution >= 4 is 50.1 Å². The van der Waals surface area contributed by atoms with Gasteiger partial charge in [-0.05, 0) is 130 Å². The van der Waals surface area contributed by atoms with E-state index in [1.165, 1.54) is 5.56 Å². The van der Waals surface area contributed by atoms with Crippen molar-refractivity contribution in [1.29, 1.82) is 0 Å². The number of benzene rings is 7. The Bertz CT molecular complexity index is 3800. The van der Waals surface area contributed by atoms with E-state index in [4.69, 9.17) is 9.72 Å². The van der Waals surface area contributed by atoms with Gasteiger partial charge in [0.25, 0.3) is 0 Å². The molecule has 3 heterocycles. The summed E-state index contributed by atoms with van der Waals surface area (Å²) in [4.78, 5) is 9.28. The number of fused-ring (bicyclic) bond motifs is 4. The van der Waals surface area contributed by atoms with Gasteiger partial charge in [0.15, 0.2) is 0 Å². The van der Waals surface area contributed by atoms with Crippen LogP contribution in [0.4, 0.5) is 35.9 Å². The lowest BCUT2D eigenvalue weighted by molar-refractivity contribution is 0.483. The fraction of sp³-hybridized carbons (Fsp3) is 0.232. The first-order chi connectivity index (χ1) is 36.6. The number of anilines is 4. The summed E-state index contributed by atoms with van der Waals surface area (Å²) < 4.78 is 57.4. The maximum absolute atomic E-state index is 16.6. The van der Waals surface area contributed by atoms with Gasteiger partial charge in [-0.2, -0.15) is 0 Å². The maximum atomic E-state index is 16.6. The molecule has 0 fully saturated rings. The van der Waals surface area contributed by atoms with E-state index in [0.29, 0.717) is 22.7 Å². The summed E-state index contributed by atoms with van der Waals surface area (Å²) >= 11 is 0. The standard InChI is InChI=1S/C69H67F3N4O/c1-42(2)25-26-46(31-45(6)43(3)4)57-34-49(69(10,11)12)35-58(66-59(71)37-50(70)38-60(66)72)67(57)75-41-74(62-23-17-18-24-63(62)75)51-32-47(54-20-14-13-19-44(54)5)33-53(39-51)77-52-27-28-56-55-21-15-16-22-61(55)76(64(56)40-52)65-36-48(29-30-73-65)68(7,8)9/h13-40,42-43H,6,41H2,1-5,7-12H3/b26-25+,46-31+. The van der Waals surface area contributed by atoms with Crippen LogP contribution in [0, 0.1) is 36.2 Å². The second-order valence-corrected chi connectivity index (χ2v) is 23.1. The van der Waals surface area contributed by atoms with Crippen molar-refractivity contribution in [3.63, 3.8) is 0 Å². The summed E-state index contributed by atoms with van der Waals surface area (Å²) in [5, 5.41) is 2.20. The summed E-state index contributed by atoms with van der Waals surface area (Å²) in [6.07, 6.45) is 8.20. The molecular formula is C69H67F3N4O. The molecule has 77 heavy (non-hydrogen) atoms. The Morgan fingerprint density at radius 1 is 0.649 bits per heavy atom. The molecule has 0 N–H and O–H groups in total. The highest BCUT2D eigenvalue weighted by molar-refractivity contribution is 6.09. The minimum absolute atomic E-state index is 0.0782. The normalized spacial score (nSPS) is 13.3. The number of para-hydroxylation sites is 3. The van der Waals surface area contributed by atoms with E-state index in [2.05, 4.69) is 206 Å². The number of allylic oxidation sites excluding steroid dienone is 5. The van der Waals surface area contributed by atoms with E-state index in [-0.39, 0.29) is 29.5 Å². The molecule has 0 amide bonds. The number of pyridine rings is 1. The monoisotopic (exact) mass is 1020 g/mol.